The number of aryl methyl sites for hydroxylation is 2. The van der Waals surface area contributed by atoms with E-state index in [0.717, 1.165) is 40.1 Å². The van der Waals surface area contributed by atoms with E-state index in [1.807, 2.05) is 6.07 Å². The zero-order valence-corrected chi connectivity index (χ0v) is 14.2. The molecule has 0 fully saturated rings. The number of fused-ring (bicyclic) bond motifs is 2. The minimum atomic E-state index is -4.40. The summed E-state index contributed by atoms with van der Waals surface area (Å²) in [6, 6.07) is 13.4. The van der Waals surface area contributed by atoms with Crippen molar-refractivity contribution in [3.05, 3.63) is 100 Å². The lowest BCUT2D eigenvalue weighted by Gasteiger charge is -2.13. The van der Waals surface area contributed by atoms with Gasteiger partial charge in [-0.1, -0.05) is 24.3 Å². The molecule has 0 saturated heterocycles. The number of alkyl halides is 3. The summed E-state index contributed by atoms with van der Waals surface area (Å²) in [4.78, 5) is 4.42. The second-order valence-corrected chi connectivity index (χ2v) is 6.48. The third-order valence-corrected chi connectivity index (χ3v) is 4.69. The fraction of sp³-hybridized carbons (Fsp3) is 0.136. The van der Waals surface area contributed by atoms with Crippen LogP contribution in [0.3, 0.4) is 0 Å². The lowest BCUT2D eigenvalue weighted by atomic mass is 9.93. The van der Waals surface area contributed by atoms with Crippen molar-refractivity contribution in [2.24, 2.45) is 0 Å². The van der Waals surface area contributed by atoms with Crippen molar-refractivity contribution in [3.63, 3.8) is 0 Å². The lowest BCUT2D eigenvalue weighted by molar-refractivity contribution is -0.137. The smallest absolute Gasteiger partial charge is 0.261 e. The maximum atomic E-state index is 13.7. The fourth-order valence-corrected chi connectivity index (χ4v) is 3.44. The first-order chi connectivity index (χ1) is 12.9. The maximum Gasteiger partial charge on any atom is 0.416 e. The number of hydrogen-bond donors (Lipinski definition) is 0. The second-order valence-electron chi connectivity index (χ2n) is 6.48. The Kier molecular flexibility index (Phi) is 4.30. The second kappa shape index (κ2) is 6.65. The van der Waals surface area contributed by atoms with Gasteiger partial charge in [0.25, 0.3) is 0 Å². The molecule has 1 aliphatic carbocycles. The summed E-state index contributed by atoms with van der Waals surface area (Å²) in [5.74, 6) is -0.328. The van der Waals surface area contributed by atoms with Gasteiger partial charge in [0.05, 0.1) is 5.56 Å². The first-order valence-corrected chi connectivity index (χ1v) is 8.54. The summed E-state index contributed by atoms with van der Waals surface area (Å²) in [5, 5.41) is 0. The van der Waals surface area contributed by atoms with Gasteiger partial charge in [0, 0.05) is 17.5 Å². The molecular formula is C22H15F4N. The number of hydrogen-bond acceptors (Lipinski definition) is 1. The summed E-state index contributed by atoms with van der Waals surface area (Å²) in [6.45, 7) is 0. The Labute approximate surface area is 154 Å². The topological polar surface area (TPSA) is 12.9 Å². The molecule has 2 aromatic carbocycles. The van der Waals surface area contributed by atoms with Crippen molar-refractivity contribution in [2.45, 2.75) is 19.0 Å². The summed E-state index contributed by atoms with van der Waals surface area (Å²) in [7, 11) is 0. The molecule has 1 aliphatic rings. The molecule has 0 radical (unpaired) electrons. The van der Waals surface area contributed by atoms with Crippen molar-refractivity contribution < 1.29 is 17.6 Å². The third kappa shape index (κ3) is 3.50. The van der Waals surface area contributed by atoms with Gasteiger partial charge in [-0.25, -0.2) is 4.39 Å². The molecule has 0 aliphatic heterocycles. The number of rotatable bonds is 1. The number of pyridine rings is 1. The Morgan fingerprint density at radius 1 is 0.889 bits per heavy atom. The van der Waals surface area contributed by atoms with E-state index < -0.39 is 11.7 Å². The van der Waals surface area contributed by atoms with E-state index in [9.17, 15) is 17.6 Å². The average Bonchev–Trinajstić information content (AvgIpc) is 2.79. The van der Waals surface area contributed by atoms with Gasteiger partial charge in [0.15, 0.2) is 0 Å². The Balaban J connectivity index is 1.93. The minimum absolute atomic E-state index is 0.328. The first-order valence-electron chi connectivity index (χ1n) is 8.54. The van der Waals surface area contributed by atoms with Crippen LogP contribution in [-0.2, 0) is 19.0 Å². The average molecular weight is 369 g/mol. The molecule has 1 nitrogen and oxygen atoms in total. The normalized spacial score (nSPS) is 15.2. The molecule has 1 aromatic heterocycles. The van der Waals surface area contributed by atoms with Crippen molar-refractivity contribution in [3.8, 4) is 0 Å². The predicted molar refractivity (Wildman–Crippen MR) is 96.5 cm³/mol. The van der Waals surface area contributed by atoms with Crippen molar-refractivity contribution in [2.75, 3.05) is 0 Å². The molecule has 0 bridgehead atoms. The number of aromatic nitrogens is 1. The Morgan fingerprint density at radius 3 is 2.56 bits per heavy atom. The molecule has 5 heteroatoms. The summed E-state index contributed by atoms with van der Waals surface area (Å²) < 4.78 is 52.9. The van der Waals surface area contributed by atoms with Crippen LogP contribution in [0.25, 0.3) is 11.6 Å². The van der Waals surface area contributed by atoms with Crippen LogP contribution in [0.5, 0.6) is 0 Å². The lowest BCUT2D eigenvalue weighted by Crippen LogP contribution is -2.04. The van der Waals surface area contributed by atoms with E-state index in [4.69, 9.17) is 0 Å². The quantitative estimate of drug-likeness (QED) is 0.485. The molecule has 0 amide bonds. The number of halogens is 4. The van der Waals surface area contributed by atoms with Crippen LogP contribution in [0.15, 0.2) is 60.8 Å². The van der Waals surface area contributed by atoms with Crippen LogP contribution in [0.4, 0.5) is 17.6 Å². The molecule has 0 spiro atoms. The van der Waals surface area contributed by atoms with Crippen LogP contribution in [0.2, 0.25) is 0 Å². The summed E-state index contributed by atoms with van der Waals surface area (Å²) >= 11 is 0. The molecule has 4 rings (SSSR count). The third-order valence-electron chi connectivity index (χ3n) is 4.69. The Morgan fingerprint density at radius 2 is 1.74 bits per heavy atom. The molecule has 27 heavy (non-hydrogen) atoms. The van der Waals surface area contributed by atoms with Crippen LogP contribution < -0.4 is 0 Å². The van der Waals surface area contributed by atoms with Crippen LogP contribution in [0, 0.1) is 5.82 Å². The van der Waals surface area contributed by atoms with Gasteiger partial charge in [-0.15, -0.1) is 0 Å². The molecule has 0 unspecified atom stereocenters. The molecule has 136 valence electrons. The van der Waals surface area contributed by atoms with Crippen LogP contribution in [0.1, 0.15) is 33.5 Å². The van der Waals surface area contributed by atoms with Crippen LogP contribution >= 0.6 is 0 Å². The van der Waals surface area contributed by atoms with Gasteiger partial charge in [0.2, 0.25) is 0 Å². The Bertz CT molecular complexity index is 1030. The number of benzene rings is 2. The van der Waals surface area contributed by atoms with Gasteiger partial charge in [-0.05, 0) is 71.5 Å². The van der Waals surface area contributed by atoms with E-state index in [2.05, 4.69) is 4.98 Å². The SMILES string of the molecule is Fc1ccc2c(c1)CCc1ncccc1C2=Cc1cccc(C(F)(F)F)c1. The maximum absolute atomic E-state index is 13.7. The summed E-state index contributed by atoms with van der Waals surface area (Å²) in [6.07, 6.45) is 0.275. The van der Waals surface area contributed by atoms with Crippen LogP contribution in [-0.4, -0.2) is 4.98 Å². The highest BCUT2D eigenvalue weighted by atomic mass is 19.4. The number of nitrogens with zero attached hydrogens (tertiary/aromatic N) is 1. The zero-order valence-electron chi connectivity index (χ0n) is 14.2. The van der Waals surface area contributed by atoms with Crippen molar-refractivity contribution in [1.29, 1.82) is 0 Å². The van der Waals surface area contributed by atoms with E-state index in [1.165, 1.54) is 18.2 Å². The van der Waals surface area contributed by atoms with E-state index >= 15 is 0 Å². The largest absolute Gasteiger partial charge is 0.416 e. The van der Waals surface area contributed by atoms with Gasteiger partial charge in [0.1, 0.15) is 5.82 Å². The highest BCUT2D eigenvalue weighted by Crippen LogP contribution is 2.35. The van der Waals surface area contributed by atoms with E-state index in [-0.39, 0.29) is 5.82 Å². The summed E-state index contributed by atoms with van der Waals surface area (Å²) in [5.41, 5.74) is 3.85. The Hall–Kier alpha value is -2.95. The minimum Gasteiger partial charge on any atom is -0.261 e. The van der Waals surface area contributed by atoms with Gasteiger partial charge in [-0.2, -0.15) is 13.2 Å². The highest BCUT2D eigenvalue weighted by Gasteiger charge is 2.30. The van der Waals surface area contributed by atoms with E-state index in [0.29, 0.717) is 18.4 Å². The zero-order chi connectivity index (χ0) is 19.0. The van der Waals surface area contributed by atoms with Gasteiger partial charge < -0.3 is 0 Å². The van der Waals surface area contributed by atoms with Gasteiger partial charge >= 0.3 is 6.18 Å². The van der Waals surface area contributed by atoms with Crippen molar-refractivity contribution >= 4 is 11.6 Å². The van der Waals surface area contributed by atoms with Crippen molar-refractivity contribution in [1.82, 2.24) is 4.98 Å². The molecule has 3 aromatic rings. The predicted octanol–water partition coefficient (Wildman–Crippen LogP) is 5.93. The molecule has 0 N–H and O–H groups in total. The molecular weight excluding hydrogens is 354 g/mol. The molecule has 0 atom stereocenters. The monoisotopic (exact) mass is 369 g/mol. The highest BCUT2D eigenvalue weighted by molar-refractivity contribution is 5.93. The van der Waals surface area contributed by atoms with E-state index in [1.54, 1.807) is 30.5 Å². The first kappa shape index (κ1) is 17.5. The molecule has 0 saturated carbocycles. The standard InChI is InChI=1S/C22H15F4N/c23-17-7-8-18-15(13-17)6-9-21-19(5-2-10-27-21)20(18)12-14-3-1-4-16(11-14)22(24,25)26/h1-5,7-8,10-13H,6,9H2. The molecule has 1 heterocycles. The fourth-order valence-electron chi connectivity index (χ4n) is 3.44. The van der Waals surface area contributed by atoms with Gasteiger partial charge in [-0.3, -0.25) is 4.98 Å².